The Kier molecular flexibility index (Phi) is 7.96. The molecule has 0 saturated heterocycles. The molecule has 0 aliphatic carbocycles. The molecule has 0 aliphatic rings. The summed E-state index contributed by atoms with van der Waals surface area (Å²) in [4.78, 5) is 34.2. The molecule has 9 nitrogen and oxygen atoms in total. The second kappa shape index (κ2) is 10.6. The summed E-state index contributed by atoms with van der Waals surface area (Å²) in [6, 6.07) is 10.4. The van der Waals surface area contributed by atoms with Crippen LogP contribution in [-0.2, 0) is 4.79 Å². The maximum Gasteiger partial charge on any atom is 0.321 e. The Hall–Kier alpha value is -3.62. The molecule has 2 aromatic rings. The van der Waals surface area contributed by atoms with Gasteiger partial charge in [-0.1, -0.05) is 25.5 Å². The summed E-state index contributed by atoms with van der Waals surface area (Å²) < 4.78 is 10.6. The van der Waals surface area contributed by atoms with Crippen LogP contribution >= 0.6 is 0 Å². The number of benzene rings is 2. The number of hydrogen-bond acceptors (Lipinski definition) is 6. The van der Waals surface area contributed by atoms with Gasteiger partial charge in [0.15, 0.2) is 6.61 Å². The number of methoxy groups -OCH3 is 1. The zero-order valence-corrected chi connectivity index (χ0v) is 16.3. The van der Waals surface area contributed by atoms with E-state index in [1.807, 2.05) is 6.92 Å². The van der Waals surface area contributed by atoms with Crippen LogP contribution in [0.1, 0.15) is 19.8 Å². The summed E-state index contributed by atoms with van der Waals surface area (Å²) in [5.41, 5.74) is 0.993. The van der Waals surface area contributed by atoms with E-state index in [1.54, 1.807) is 24.3 Å². The second-order valence-electron chi connectivity index (χ2n) is 6.11. The Balaban J connectivity index is 2.12. The normalized spacial score (nSPS) is 10.1. The number of amides is 3. The number of hydrogen-bond donors (Lipinski definition) is 2. The van der Waals surface area contributed by atoms with E-state index in [0.717, 1.165) is 12.8 Å². The minimum atomic E-state index is -0.627. The summed E-state index contributed by atoms with van der Waals surface area (Å²) >= 11 is 0. The number of nitrogens with zero attached hydrogens (tertiary/aromatic N) is 1. The molecule has 0 radical (unpaired) electrons. The number of unbranched alkanes of at least 4 members (excludes halogenated alkanes) is 1. The number of imide groups is 1. The van der Waals surface area contributed by atoms with Crippen molar-refractivity contribution in [2.24, 2.45) is 0 Å². The lowest BCUT2D eigenvalue weighted by molar-refractivity contribution is -0.384. The molecule has 0 fully saturated rings. The highest BCUT2D eigenvalue weighted by molar-refractivity contribution is 5.95. The molecule has 2 N–H and O–H groups in total. The lowest BCUT2D eigenvalue weighted by atomic mass is 10.0. The van der Waals surface area contributed by atoms with E-state index in [9.17, 15) is 19.7 Å². The number of urea groups is 1. The van der Waals surface area contributed by atoms with Crippen molar-refractivity contribution in [2.45, 2.75) is 19.8 Å². The molecule has 9 heteroatoms. The van der Waals surface area contributed by atoms with E-state index < -0.39 is 23.5 Å². The van der Waals surface area contributed by atoms with Gasteiger partial charge < -0.3 is 14.8 Å². The number of rotatable bonds is 9. The van der Waals surface area contributed by atoms with Crippen molar-refractivity contribution in [3.05, 3.63) is 52.6 Å². The molecule has 29 heavy (non-hydrogen) atoms. The van der Waals surface area contributed by atoms with Crippen LogP contribution in [0.5, 0.6) is 11.5 Å². The first-order valence-corrected chi connectivity index (χ1v) is 9.08. The number of nitro benzene ring substituents is 1. The number of non-ortho nitro benzene ring substituents is 1. The SMILES string of the molecule is CCCCNC(=O)NC(=O)COc1ccc([N+](=O)[O-])cc1-c1ccc(OC)cc1. The average molecular weight is 401 g/mol. The molecule has 2 rings (SSSR count). The van der Waals surface area contributed by atoms with Crippen molar-refractivity contribution in [2.75, 3.05) is 20.3 Å². The summed E-state index contributed by atoms with van der Waals surface area (Å²) in [6.07, 6.45) is 1.73. The van der Waals surface area contributed by atoms with Gasteiger partial charge in [0.2, 0.25) is 0 Å². The molecule has 0 atom stereocenters. The van der Waals surface area contributed by atoms with Crippen molar-refractivity contribution in [3.8, 4) is 22.6 Å². The van der Waals surface area contributed by atoms with Crippen LogP contribution in [0.2, 0.25) is 0 Å². The van der Waals surface area contributed by atoms with Gasteiger partial charge in [0.05, 0.1) is 12.0 Å². The monoisotopic (exact) mass is 401 g/mol. The molecule has 0 spiro atoms. The van der Waals surface area contributed by atoms with Gasteiger partial charge in [-0.2, -0.15) is 0 Å². The van der Waals surface area contributed by atoms with Crippen molar-refractivity contribution in [1.82, 2.24) is 10.6 Å². The topological polar surface area (TPSA) is 120 Å². The predicted molar refractivity (Wildman–Crippen MR) is 107 cm³/mol. The maximum absolute atomic E-state index is 11.9. The highest BCUT2D eigenvalue weighted by Crippen LogP contribution is 2.34. The third-order valence-corrected chi connectivity index (χ3v) is 4.00. The lowest BCUT2D eigenvalue weighted by Crippen LogP contribution is -2.41. The molecule has 3 amide bonds. The van der Waals surface area contributed by atoms with Gasteiger partial charge in [-0.05, 0) is 30.2 Å². The van der Waals surface area contributed by atoms with Gasteiger partial charge in [0.1, 0.15) is 11.5 Å². The van der Waals surface area contributed by atoms with Gasteiger partial charge in [0.25, 0.3) is 11.6 Å². The first-order chi connectivity index (χ1) is 13.9. The first-order valence-electron chi connectivity index (χ1n) is 9.08. The fourth-order valence-corrected chi connectivity index (χ4v) is 2.48. The van der Waals surface area contributed by atoms with Crippen LogP contribution in [0.3, 0.4) is 0 Å². The van der Waals surface area contributed by atoms with Gasteiger partial charge in [-0.15, -0.1) is 0 Å². The number of nitro groups is 1. The van der Waals surface area contributed by atoms with Crippen LogP contribution in [0.4, 0.5) is 10.5 Å². The van der Waals surface area contributed by atoms with Gasteiger partial charge in [0, 0.05) is 24.2 Å². The fraction of sp³-hybridized carbons (Fsp3) is 0.300. The van der Waals surface area contributed by atoms with E-state index in [4.69, 9.17) is 9.47 Å². The molecule has 0 aliphatic heterocycles. The minimum absolute atomic E-state index is 0.108. The summed E-state index contributed by atoms with van der Waals surface area (Å²) in [6.45, 7) is 2.05. The molecule has 154 valence electrons. The number of nitrogens with one attached hydrogen (secondary N) is 2. The molecular weight excluding hydrogens is 378 g/mol. The van der Waals surface area contributed by atoms with E-state index in [-0.39, 0.29) is 11.4 Å². The highest BCUT2D eigenvalue weighted by Gasteiger charge is 2.15. The zero-order chi connectivity index (χ0) is 21.2. The Morgan fingerprint density at radius 1 is 1.14 bits per heavy atom. The van der Waals surface area contributed by atoms with E-state index in [1.165, 1.54) is 25.3 Å². The smallest absolute Gasteiger partial charge is 0.321 e. The van der Waals surface area contributed by atoms with Gasteiger partial charge in [-0.3, -0.25) is 20.2 Å². The number of carbonyl (C=O) groups excluding carboxylic acids is 2. The maximum atomic E-state index is 11.9. The number of ether oxygens (including phenoxy) is 2. The van der Waals surface area contributed by atoms with Crippen LogP contribution < -0.4 is 20.1 Å². The zero-order valence-electron chi connectivity index (χ0n) is 16.3. The minimum Gasteiger partial charge on any atom is -0.497 e. The molecule has 0 saturated carbocycles. The fourth-order valence-electron chi connectivity index (χ4n) is 2.48. The lowest BCUT2D eigenvalue weighted by Gasteiger charge is -2.12. The van der Waals surface area contributed by atoms with Gasteiger partial charge in [-0.25, -0.2) is 4.79 Å². The Labute approximate surface area is 168 Å². The largest absolute Gasteiger partial charge is 0.497 e. The van der Waals surface area contributed by atoms with Crippen molar-refractivity contribution in [3.63, 3.8) is 0 Å². The van der Waals surface area contributed by atoms with Crippen molar-refractivity contribution >= 4 is 17.6 Å². The Bertz CT molecular complexity index is 867. The van der Waals surface area contributed by atoms with Crippen molar-refractivity contribution in [1.29, 1.82) is 0 Å². The summed E-state index contributed by atoms with van der Waals surface area (Å²) in [7, 11) is 1.54. The van der Waals surface area contributed by atoms with Crippen LogP contribution in [-0.4, -0.2) is 37.1 Å². The molecule has 0 bridgehead atoms. The molecule has 0 unspecified atom stereocenters. The Morgan fingerprint density at radius 2 is 1.86 bits per heavy atom. The van der Waals surface area contributed by atoms with Crippen LogP contribution in [0, 0.1) is 10.1 Å². The molecule has 0 aromatic heterocycles. The van der Waals surface area contributed by atoms with Gasteiger partial charge >= 0.3 is 6.03 Å². The number of carbonyl (C=O) groups is 2. The third-order valence-electron chi connectivity index (χ3n) is 4.00. The molecule has 2 aromatic carbocycles. The summed E-state index contributed by atoms with van der Waals surface area (Å²) in [5, 5.41) is 15.9. The van der Waals surface area contributed by atoms with Crippen molar-refractivity contribution < 1.29 is 24.0 Å². The molecule has 0 heterocycles. The second-order valence-corrected chi connectivity index (χ2v) is 6.11. The quantitative estimate of drug-likeness (QED) is 0.378. The van der Waals surface area contributed by atoms with Crippen LogP contribution in [0.15, 0.2) is 42.5 Å². The molecular formula is C20H23N3O6. The van der Waals surface area contributed by atoms with Crippen LogP contribution in [0.25, 0.3) is 11.1 Å². The summed E-state index contributed by atoms with van der Waals surface area (Å²) in [5.74, 6) is 0.287. The Morgan fingerprint density at radius 3 is 2.48 bits per heavy atom. The first kappa shape index (κ1) is 21.7. The highest BCUT2D eigenvalue weighted by atomic mass is 16.6. The van der Waals surface area contributed by atoms with E-state index >= 15 is 0 Å². The average Bonchev–Trinajstić information content (AvgIpc) is 2.72. The standard InChI is InChI=1S/C20H23N3O6/c1-3-4-11-21-20(25)22-19(24)13-29-18-10-7-15(23(26)27)12-17(18)14-5-8-16(28-2)9-6-14/h5-10,12H,3-4,11,13H2,1-2H3,(H2,21,22,24,25). The predicted octanol–water partition coefficient (Wildman–Crippen LogP) is 3.28. The van der Waals surface area contributed by atoms with E-state index in [0.29, 0.717) is 23.4 Å². The van der Waals surface area contributed by atoms with E-state index in [2.05, 4.69) is 10.6 Å². The third kappa shape index (κ3) is 6.49.